The molecule has 1 aliphatic rings. The highest BCUT2D eigenvalue weighted by Crippen LogP contribution is 2.27. The van der Waals surface area contributed by atoms with Crippen molar-refractivity contribution in [1.82, 2.24) is 14.9 Å². The lowest BCUT2D eigenvalue weighted by Gasteiger charge is -2.34. The van der Waals surface area contributed by atoms with E-state index in [4.69, 9.17) is 0 Å². The molecular formula is C20H21N5. The van der Waals surface area contributed by atoms with Crippen molar-refractivity contribution in [3.8, 4) is 6.07 Å². The lowest BCUT2D eigenvalue weighted by Crippen LogP contribution is -2.41. The van der Waals surface area contributed by atoms with E-state index in [1.54, 1.807) is 6.20 Å². The van der Waals surface area contributed by atoms with E-state index >= 15 is 0 Å². The molecular weight excluding hydrogens is 310 g/mol. The number of rotatable bonds is 4. The number of aromatic nitrogens is 2. The lowest BCUT2D eigenvalue weighted by molar-refractivity contribution is 0.208. The first-order valence-electron chi connectivity index (χ1n) is 8.72. The van der Waals surface area contributed by atoms with Crippen LogP contribution in [0.4, 0.5) is 5.69 Å². The van der Waals surface area contributed by atoms with Crippen molar-refractivity contribution in [2.45, 2.75) is 25.4 Å². The number of piperidine rings is 1. The number of pyridine rings is 1. The van der Waals surface area contributed by atoms with E-state index in [0.717, 1.165) is 49.2 Å². The van der Waals surface area contributed by atoms with Crippen molar-refractivity contribution in [3.05, 3.63) is 59.9 Å². The fraction of sp³-hybridized carbons (Fsp3) is 0.300. The molecule has 0 saturated carbocycles. The molecule has 3 heterocycles. The molecule has 1 fully saturated rings. The van der Waals surface area contributed by atoms with Crippen LogP contribution in [0.2, 0.25) is 0 Å². The predicted molar refractivity (Wildman–Crippen MR) is 99.2 cm³/mol. The third-order valence-corrected chi connectivity index (χ3v) is 4.81. The van der Waals surface area contributed by atoms with Crippen LogP contribution < -0.4 is 5.32 Å². The molecule has 1 saturated heterocycles. The van der Waals surface area contributed by atoms with Crippen molar-refractivity contribution >= 4 is 16.7 Å². The summed E-state index contributed by atoms with van der Waals surface area (Å²) in [6, 6.07) is 15.2. The van der Waals surface area contributed by atoms with E-state index in [1.165, 1.54) is 5.56 Å². The van der Waals surface area contributed by atoms with Gasteiger partial charge in [-0.1, -0.05) is 30.3 Å². The Morgan fingerprint density at radius 2 is 2.16 bits per heavy atom. The van der Waals surface area contributed by atoms with Gasteiger partial charge in [-0.25, -0.2) is 4.98 Å². The van der Waals surface area contributed by atoms with Gasteiger partial charge in [0.05, 0.1) is 11.3 Å². The maximum Gasteiger partial charge on any atom is 0.139 e. The molecule has 0 amide bonds. The smallest absolute Gasteiger partial charge is 0.139 e. The van der Waals surface area contributed by atoms with E-state index in [-0.39, 0.29) is 0 Å². The Balaban J connectivity index is 1.51. The van der Waals surface area contributed by atoms with Gasteiger partial charge < -0.3 is 10.3 Å². The van der Waals surface area contributed by atoms with Gasteiger partial charge in [0.15, 0.2) is 0 Å². The lowest BCUT2D eigenvalue weighted by atomic mass is 10.0. The molecule has 4 rings (SSSR count). The number of hydrogen-bond donors (Lipinski definition) is 2. The fourth-order valence-corrected chi connectivity index (χ4v) is 3.61. The number of fused-ring (bicyclic) bond motifs is 1. The highest BCUT2D eigenvalue weighted by atomic mass is 15.2. The molecule has 1 atom stereocenters. The van der Waals surface area contributed by atoms with Crippen LogP contribution in [0.3, 0.4) is 0 Å². The number of likely N-dealkylation sites (tertiary alicyclic amines) is 1. The average Bonchev–Trinajstić information content (AvgIpc) is 3.12. The maximum absolute atomic E-state index is 9.44. The van der Waals surface area contributed by atoms with Crippen LogP contribution in [0.25, 0.3) is 11.0 Å². The molecule has 2 N–H and O–H groups in total. The van der Waals surface area contributed by atoms with Crippen molar-refractivity contribution in [1.29, 1.82) is 5.26 Å². The van der Waals surface area contributed by atoms with Gasteiger partial charge in [-0.05, 0) is 31.0 Å². The number of H-pyrrole nitrogens is 1. The van der Waals surface area contributed by atoms with Crippen molar-refractivity contribution < 1.29 is 0 Å². The van der Waals surface area contributed by atoms with Crippen LogP contribution >= 0.6 is 0 Å². The van der Waals surface area contributed by atoms with Crippen LogP contribution in [0.1, 0.15) is 24.0 Å². The minimum Gasteiger partial charge on any atom is -0.379 e. The van der Waals surface area contributed by atoms with E-state index in [2.05, 4.69) is 56.6 Å². The van der Waals surface area contributed by atoms with Crippen molar-refractivity contribution in [3.63, 3.8) is 0 Å². The molecule has 1 aromatic carbocycles. The van der Waals surface area contributed by atoms with E-state index in [0.29, 0.717) is 11.6 Å². The normalized spacial score (nSPS) is 18.1. The molecule has 126 valence electrons. The van der Waals surface area contributed by atoms with Gasteiger partial charge in [0.25, 0.3) is 0 Å². The van der Waals surface area contributed by atoms with E-state index in [9.17, 15) is 5.26 Å². The third-order valence-electron chi connectivity index (χ3n) is 4.81. The first-order valence-corrected chi connectivity index (χ1v) is 8.72. The zero-order chi connectivity index (χ0) is 17.1. The number of benzene rings is 1. The first kappa shape index (κ1) is 15.7. The van der Waals surface area contributed by atoms with Crippen molar-refractivity contribution in [2.75, 3.05) is 18.4 Å². The van der Waals surface area contributed by atoms with Gasteiger partial charge in [-0.15, -0.1) is 0 Å². The minimum atomic E-state index is 0.338. The Kier molecular flexibility index (Phi) is 4.36. The topological polar surface area (TPSA) is 67.7 Å². The van der Waals surface area contributed by atoms with Crippen LogP contribution in [0, 0.1) is 11.3 Å². The van der Waals surface area contributed by atoms with Gasteiger partial charge in [0.2, 0.25) is 0 Å². The summed E-state index contributed by atoms with van der Waals surface area (Å²) in [5, 5.41) is 14.0. The zero-order valence-corrected chi connectivity index (χ0v) is 14.1. The Morgan fingerprint density at radius 1 is 1.28 bits per heavy atom. The molecule has 25 heavy (non-hydrogen) atoms. The zero-order valence-electron chi connectivity index (χ0n) is 14.1. The van der Waals surface area contributed by atoms with Gasteiger partial charge in [-0.3, -0.25) is 4.90 Å². The number of nitriles is 1. The van der Waals surface area contributed by atoms with Gasteiger partial charge in [-0.2, -0.15) is 5.26 Å². The molecule has 2 aromatic heterocycles. The second-order valence-corrected chi connectivity index (χ2v) is 6.60. The number of nitrogens with one attached hydrogen (secondary N) is 2. The molecule has 0 aliphatic carbocycles. The number of hydrogen-bond acceptors (Lipinski definition) is 4. The molecule has 5 heteroatoms. The summed E-state index contributed by atoms with van der Waals surface area (Å²) in [7, 11) is 0. The van der Waals surface area contributed by atoms with Gasteiger partial charge >= 0.3 is 0 Å². The van der Waals surface area contributed by atoms with E-state index in [1.807, 2.05) is 12.3 Å². The molecule has 1 aliphatic heterocycles. The predicted octanol–water partition coefficient (Wildman–Crippen LogP) is 3.51. The second-order valence-electron chi connectivity index (χ2n) is 6.60. The highest BCUT2D eigenvalue weighted by Gasteiger charge is 2.21. The SMILES string of the molecule is N#Cc1cnc2[nH]ccc2c1N[C@@H]1CCCN(Cc2ccccc2)C1. The summed E-state index contributed by atoms with van der Waals surface area (Å²) in [5.74, 6) is 0. The quantitative estimate of drug-likeness (QED) is 0.768. The molecule has 3 aromatic rings. The number of nitrogens with zero attached hydrogens (tertiary/aromatic N) is 3. The minimum absolute atomic E-state index is 0.338. The average molecular weight is 331 g/mol. The van der Waals surface area contributed by atoms with E-state index < -0.39 is 0 Å². The summed E-state index contributed by atoms with van der Waals surface area (Å²) in [6.07, 6.45) is 5.79. The second kappa shape index (κ2) is 6.96. The van der Waals surface area contributed by atoms with Crippen molar-refractivity contribution in [2.24, 2.45) is 0 Å². The number of anilines is 1. The van der Waals surface area contributed by atoms with Crippen LogP contribution in [-0.4, -0.2) is 34.0 Å². The van der Waals surface area contributed by atoms with Crippen LogP contribution in [-0.2, 0) is 6.54 Å². The molecule has 0 unspecified atom stereocenters. The Morgan fingerprint density at radius 3 is 3.00 bits per heavy atom. The fourth-order valence-electron chi connectivity index (χ4n) is 3.61. The summed E-state index contributed by atoms with van der Waals surface area (Å²) in [6.45, 7) is 3.07. The third kappa shape index (κ3) is 3.35. The van der Waals surface area contributed by atoms with Crippen LogP contribution in [0.15, 0.2) is 48.8 Å². The largest absolute Gasteiger partial charge is 0.379 e. The Labute approximate surface area is 147 Å². The van der Waals surface area contributed by atoms with Crippen LogP contribution in [0.5, 0.6) is 0 Å². The summed E-state index contributed by atoms with van der Waals surface area (Å²) in [5.41, 5.74) is 3.67. The summed E-state index contributed by atoms with van der Waals surface area (Å²) < 4.78 is 0. The number of aromatic amines is 1. The standard InChI is InChI=1S/C20H21N5/c21-11-16-12-23-20-18(8-9-22-20)19(16)24-17-7-4-10-25(14-17)13-15-5-2-1-3-6-15/h1-3,5-6,8-9,12,17H,4,7,10,13-14H2,(H2,22,23,24)/t17-/m1/s1. The molecule has 5 nitrogen and oxygen atoms in total. The molecule has 0 bridgehead atoms. The van der Waals surface area contributed by atoms with Gasteiger partial charge in [0.1, 0.15) is 11.7 Å². The Hall–Kier alpha value is -2.84. The molecule has 0 spiro atoms. The van der Waals surface area contributed by atoms with Gasteiger partial charge in [0, 0.05) is 36.9 Å². The Bertz CT molecular complexity index is 893. The molecule has 0 radical (unpaired) electrons. The monoisotopic (exact) mass is 331 g/mol. The summed E-state index contributed by atoms with van der Waals surface area (Å²) >= 11 is 0. The highest BCUT2D eigenvalue weighted by molar-refractivity contribution is 5.92. The summed E-state index contributed by atoms with van der Waals surface area (Å²) in [4.78, 5) is 9.91. The first-order chi connectivity index (χ1) is 12.3. The maximum atomic E-state index is 9.44.